The van der Waals surface area contributed by atoms with Crippen LogP contribution in [0.3, 0.4) is 0 Å². The summed E-state index contributed by atoms with van der Waals surface area (Å²) in [5.74, 6) is -1.77. The maximum atomic E-state index is 12.7. The number of amides is 1. The predicted octanol–water partition coefficient (Wildman–Crippen LogP) is 1.48. The Bertz CT molecular complexity index is 639. The molecule has 2 rings (SSSR count). The molecule has 0 radical (unpaired) electrons. The summed E-state index contributed by atoms with van der Waals surface area (Å²) in [7, 11) is 0. The summed E-state index contributed by atoms with van der Waals surface area (Å²) < 4.78 is 0. The van der Waals surface area contributed by atoms with Gasteiger partial charge in [-0.15, -0.1) is 0 Å². The molecule has 0 saturated carbocycles. The molecule has 1 unspecified atom stereocenters. The number of carboxylic acid groups (broad SMARTS) is 1. The number of carbonyl (C=O) groups excluding carboxylic acids is 1. The maximum absolute atomic E-state index is 12.7. The van der Waals surface area contributed by atoms with Crippen LogP contribution in [0, 0.1) is 12.8 Å². The first-order valence-electron chi connectivity index (χ1n) is 6.46. The van der Waals surface area contributed by atoms with E-state index in [4.69, 9.17) is 5.11 Å². The number of aromatic nitrogens is 3. The number of hydrogen-bond donors (Lipinski definition) is 2. The Hall–Kier alpha value is -2.70. The molecule has 1 aromatic carbocycles. The van der Waals surface area contributed by atoms with Crippen LogP contribution in [-0.2, 0) is 4.79 Å². The number of anilines is 1. The van der Waals surface area contributed by atoms with Gasteiger partial charge in [0, 0.05) is 12.1 Å². The van der Waals surface area contributed by atoms with Crippen LogP contribution in [0.5, 0.6) is 0 Å². The number of aliphatic carboxylic acids is 1. The lowest BCUT2D eigenvalue weighted by atomic mass is 10.1. The number of nitrogens with zero attached hydrogens (tertiary/aromatic N) is 3. The highest BCUT2D eigenvalue weighted by Crippen LogP contribution is 2.16. The van der Waals surface area contributed by atoms with Crippen LogP contribution < -0.4 is 4.90 Å². The standard InChI is InChI=1S/C14H16N4O3/c1-9-5-3-4-6-11(9)12(19)18(7-10(2)13(20)21)14-15-8-16-17-14/h3-6,8,10H,7H2,1-2H3,(H,20,21)(H,15,16,17). The molecule has 1 aromatic heterocycles. The second-order valence-electron chi connectivity index (χ2n) is 4.78. The minimum absolute atomic E-state index is 0.0116. The minimum atomic E-state index is -0.975. The van der Waals surface area contributed by atoms with Gasteiger partial charge < -0.3 is 5.11 Å². The molecule has 7 heteroatoms. The number of aromatic amines is 1. The summed E-state index contributed by atoms with van der Waals surface area (Å²) in [6.07, 6.45) is 1.28. The molecule has 1 atom stereocenters. The molecule has 7 nitrogen and oxygen atoms in total. The average molecular weight is 288 g/mol. The maximum Gasteiger partial charge on any atom is 0.308 e. The van der Waals surface area contributed by atoms with E-state index in [-0.39, 0.29) is 18.4 Å². The molecular formula is C14H16N4O3. The molecule has 0 aliphatic carbocycles. The molecule has 1 amide bonds. The van der Waals surface area contributed by atoms with E-state index in [1.165, 1.54) is 18.2 Å². The zero-order chi connectivity index (χ0) is 15.4. The Morgan fingerprint density at radius 1 is 1.38 bits per heavy atom. The number of H-pyrrole nitrogens is 1. The number of hydrogen-bond acceptors (Lipinski definition) is 4. The Kier molecular flexibility index (Phi) is 4.32. The van der Waals surface area contributed by atoms with Gasteiger partial charge in [-0.05, 0) is 18.6 Å². The third kappa shape index (κ3) is 3.25. The van der Waals surface area contributed by atoms with Crippen LogP contribution in [-0.4, -0.2) is 38.7 Å². The predicted molar refractivity (Wildman–Crippen MR) is 76.0 cm³/mol. The summed E-state index contributed by atoms with van der Waals surface area (Å²) in [4.78, 5) is 29.0. The number of nitrogens with one attached hydrogen (secondary N) is 1. The topological polar surface area (TPSA) is 99.2 Å². The number of carboxylic acids is 1. The van der Waals surface area contributed by atoms with Crippen molar-refractivity contribution >= 4 is 17.8 Å². The zero-order valence-electron chi connectivity index (χ0n) is 11.8. The van der Waals surface area contributed by atoms with E-state index in [0.29, 0.717) is 5.56 Å². The van der Waals surface area contributed by atoms with Crippen LogP contribution >= 0.6 is 0 Å². The van der Waals surface area contributed by atoms with Gasteiger partial charge in [-0.2, -0.15) is 10.1 Å². The summed E-state index contributed by atoms with van der Waals surface area (Å²) in [5.41, 5.74) is 1.32. The summed E-state index contributed by atoms with van der Waals surface area (Å²) in [6.45, 7) is 3.38. The fourth-order valence-corrected chi connectivity index (χ4v) is 1.90. The summed E-state index contributed by atoms with van der Waals surface area (Å²) >= 11 is 0. The monoisotopic (exact) mass is 288 g/mol. The van der Waals surface area contributed by atoms with Crippen molar-refractivity contribution in [1.82, 2.24) is 15.2 Å². The van der Waals surface area contributed by atoms with E-state index in [1.807, 2.05) is 19.1 Å². The van der Waals surface area contributed by atoms with E-state index < -0.39 is 11.9 Å². The molecule has 0 fully saturated rings. The van der Waals surface area contributed by atoms with Crippen molar-refractivity contribution in [3.05, 3.63) is 41.7 Å². The van der Waals surface area contributed by atoms with Gasteiger partial charge in [-0.3, -0.25) is 14.5 Å². The second kappa shape index (κ2) is 6.17. The first-order chi connectivity index (χ1) is 10.0. The van der Waals surface area contributed by atoms with E-state index in [9.17, 15) is 9.59 Å². The Balaban J connectivity index is 2.34. The lowest BCUT2D eigenvalue weighted by Gasteiger charge is -2.22. The lowest BCUT2D eigenvalue weighted by molar-refractivity contribution is -0.140. The first-order valence-corrected chi connectivity index (χ1v) is 6.46. The number of benzene rings is 1. The van der Waals surface area contributed by atoms with Gasteiger partial charge in [0.2, 0.25) is 5.95 Å². The summed E-state index contributed by atoms with van der Waals surface area (Å²) in [6, 6.07) is 7.13. The highest BCUT2D eigenvalue weighted by molar-refractivity contribution is 6.06. The van der Waals surface area contributed by atoms with Crippen molar-refractivity contribution in [3.8, 4) is 0 Å². The molecule has 110 valence electrons. The molecule has 0 aliphatic heterocycles. The minimum Gasteiger partial charge on any atom is -0.481 e. The fourth-order valence-electron chi connectivity index (χ4n) is 1.90. The molecule has 0 aliphatic rings. The highest BCUT2D eigenvalue weighted by Gasteiger charge is 2.25. The van der Waals surface area contributed by atoms with E-state index in [1.54, 1.807) is 12.1 Å². The normalized spacial score (nSPS) is 11.9. The fraction of sp³-hybridized carbons (Fsp3) is 0.286. The van der Waals surface area contributed by atoms with Crippen LogP contribution in [0.2, 0.25) is 0 Å². The third-order valence-corrected chi connectivity index (χ3v) is 3.16. The summed E-state index contributed by atoms with van der Waals surface area (Å²) in [5, 5.41) is 15.4. The van der Waals surface area contributed by atoms with Crippen molar-refractivity contribution in [3.63, 3.8) is 0 Å². The van der Waals surface area contributed by atoms with Crippen molar-refractivity contribution in [1.29, 1.82) is 0 Å². The van der Waals surface area contributed by atoms with Gasteiger partial charge in [0.25, 0.3) is 5.91 Å². The first kappa shape index (κ1) is 14.7. The van der Waals surface area contributed by atoms with E-state index in [0.717, 1.165) is 5.56 Å². The Labute approximate surface area is 121 Å². The van der Waals surface area contributed by atoms with Gasteiger partial charge in [-0.25, -0.2) is 5.10 Å². The zero-order valence-corrected chi connectivity index (χ0v) is 11.8. The number of carbonyl (C=O) groups is 2. The quantitative estimate of drug-likeness (QED) is 0.868. The molecule has 1 heterocycles. The average Bonchev–Trinajstić information content (AvgIpc) is 2.98. The van der Waals surface area contributed by atoms with E-state index >= 15 is 0 Å². The van der Waals surface area contributed by atoms with Gasteiger partial charge in [0.15, 0.2) is 0 Å². The van der Waals surface area contributed by atoms with Gasteiger partial charge >= 0.3 is 5.97 Å². The van der Waals surface area contributed by atoms with Crippen LogP contribution in [0.25, 0.3) is 0 Å². The van der Waals surface area contributed by atoms with Gasteiger partial charge in [-0.1, -0.05) is 25.1 Å². The molecular weight excluding hydrogens is 272 g/mol. The van der Waals surface area contributed by atoms with Crippen LogP contribution in [0.1, 0.15) is 22.8 Å². The lowest BCUT2D eigenvalue weighted by Crippen LogP contribution is -2.38. The van der Waals surface area contributed by atoms with Crippen molar-refractivity contribution in [2.45, 2.75) is 13.8 Å². The Morgan fingerprint density at radius 3 is 2.67 bits per heavy atom. The van der Waals surface area contributed by atoms with Crippen molar-refractivity contribution < 1.29 is 14.7 Å². The van der Waals surface area contributed by atoms with Crippen molar-refractivity contribution in [2.24, 2.45) is 5.92 Å². The molecule has 0 saturated heterocycles. The number of aryl methyl sites for hydroxylation is 1. The highest BCUT2D eigenvalue weighted by atomic mass is 16.4. The Morgan fingerprint density at radius 2 is 2.10 bits per heavy atom. The van der Waals surface area contributed by atoms with Gasteiger partial charge in [0.05, 0.1) is 5.92 Å². The molecule has 0 spiro atoms. The smallest absolute Gasteiger partial charge is 0.308 e. The molecule has 21 heavy (non-hydrogen) atoms. The third-order valence-electron chi connectivity index (χ3n) is 3.16. The van der Waals surface area contributed by atoms with Crippen LogP contribution in [0.15, 0.2) is 30.6 Å². The number of rotatable bonds is 5. The second-order valence-corrected chi connectivity index (χ2v) is 4.78. The van der Waals surface area contributed by atoms with E-state index in [2.05, 4.69) is 15.2 Å². The largest absolute Gasteiger partial charge is 0.481 e. The van der Waals surface area contributed by atoms with Crippen LogP contribution in [0.4, 0.5) is 5.95 Å². The van der Waals surface area contributed by atoms with Crippen molar-refractivity contribution in [2.75, 3.05) is 11.4 Å². The molecule has 2 aromatic rings. The SMILES string of the molecule is Cc1ccccc1C(=O)N(CC(C)C(=O)O)c1ncn[nH]1. The van der Waals surface area contributed by atoms with Gasteiger partial charge in [0.1, 0.15) is 6.33 Å². The molecule has 2 N–H and O–H groups in total. The molecule has 0 bridgehead atoms.